The molecule has 19 heavy (non-hydrogen) atoms. The van der Waals surface area contributed by atoms with E-state index in [1.807, 2.05) is 32.0 Å². The maximum atomic E-state index is 12.3. The molecule has 106 valence electrons. The predicted molar refractivity (Wildman–Crippen MR) is 83.3 cm³/mol. The monoisotopic (exact) mass is 326 g/mol. The summed E-state index contributed by atoms with van der Waals surface area (Å²) in [5, 5.41) is 3.05. The van der Waals surface area contributed by atoms with Gasteiger partial charge >= 0.3 is 0 Å². The van der Waals surface area contributed by atoms with E-state index in [1.54, 1.807) is 0 Å². The molecule has 0 aromatic heterocycles. The molecule has 0 radical (unpaired) electrons. The topological polar surface area (TPSA) is 55.1 Å². The normalized spacial score (nSPS) is 14.3. The van der Waals surface area contributed by atoms with Crippen LogP contribution in [0.4, 0.5) is 0 Å². The standard InChI is InChI=1S/C15H23BrN2O/c1-10(2)8-15(4,9-17)18-14(19)12-6-5-11(3)13(16)7-12/h5-7,10H,8-9,17H2,1-4H3,(H,18,19). The second-order valence-electron chi connectivity index (χ2n) is 5.78. The Bertz CT molecular complexity index is 459. The molecule has 0 saturated carbocycles. The van der Waals surface area contributed by atoms with Crippen molar-refractivity contribution in [2.45, 2.75) is 39.7 Å². The van der Waals surface area contributed by atoms with Crippen LogP contribution in [0.15, 0.2) is 22.7 Å². The maximum Gasteiger partial charge on any atom is 0.251 e. The van der Waals surface area contributed by atoms with E-state index in [-0.39, 0.29) is 11.4 Å². The van der Waals surface area contributed by atoms with Gasteiger partial charge in [0, 0.05) is 22.1 Å². The van der Waals surface area contributed by atoms with Crippen LogP contribution in [-0.4, -0.2) is 18.0 Å². The minimum absolute atomic E-state index is 0.0747. The largest absolute Gasteiger partial charge is 0.346 e. The molecule has 1 amide bonds. The number of aryl methyl sites for hydroxylation is 1. The van der Waals surface area contributed by atoms with E-state index in [4.69, 9.17) is 5.73 Å². The summed E-state index contributed by atoms with van der Waals surface area (Å²) < 4.78 is 0.943. The molecule has 0 fully saturated rings. The SMILES string of the molecule is Cc1ccc(C(=O)NC(C)(CN)CC(C)C)cc1Br. The average molecular weight is 327 g/mol. The molecule has 4 heteroatoms. The second-order valence-corrected chi connectivity index (χ2v) is 6.64. The van der Waals surface area contributed by atoms with Gasteiger partial charge in [-0.1, -0.05) is 35.8 Å². The number of benzene rings is 1. The average Bonchev–Trinajstić information content (AvgIpc) is 2.31. The zero-order valence-electron chi connectivity index (χ0n) is 12.1. The molecule has 0 aliphatic carbocycles. The molecule has 0 heterocycles. The Morgan fingerprint density at radius 2 is 2.11 bits per heavy atom. The number of carbonyl (C=O) groups is 1. The van der Waals surface area contributed by atoms with Crippen molar-refractivity contribution in [2.24, 2.45) is 11.7 Å². The van der Waals surface area contributed by atoms with E-state index in [0.29, 0.717) is 18.0 Å². The number of amides is 1. The summed E-state index contributed by atoms with van der Waals surface area (Å²) in [5.74, 6) is 0.410. The van der Waals surface area contributed by atoms with Crippen molar-refractivity contribution >= 4 is 21.8 Å². The second kappa shape index (κ2) is 6.53. The van der Waals surface area contributed by atoms with Gasteiger partial charge in [-0.3, -0.25) is 4.79 Å². The quantitative estimate of drug-likeness (QED) is 0.872. The maximum absolute atomic E-state index is 12.3. The summed E-state index contributed by atoms with van der Waals surface area (Å²) in [6.45, 7) is 8.68. The van der Waals surface area contributed by atoms with Crippen LogP contribution in [0.2, 0.25) is 0 Å². The lowest BCUT2D eigenvalue weighted by Gasteiger charge is -2.31. The fourth-order valence-electron chi connectivity index (χ4n) is 2.17. The fraction of sp³-hybridized carbons (Fsp3) is 0.533. The van der Waals surface area contributed by atoms with Crippen LogP contribution in [0.3, 0.4) is 0 Å². The van der Waals surface area contributed by atoms with E-state index in [0.717, 1.165) is 16.5 Å². The van der Waals surface area contributed by atoms with Crippen molar-refractivity contribution in [1.29, 1.82) is 0 Å². The van der Waals surface area contributed by atoms with Crippen molar-refractivity contribution in [3.63, 3.8) is 0 Å². The van der Waals surface area contributed by atoms with E-state index >= 15 is 0 Å². The zero-order valence-corrected chi connectivity index (χ0v) is 13.7. The summed E-state index contributed by atoms with van der Waals surface area (Å²) in [7, 11) is 0. The fourth-order valence-corrected chi connectivity index (χ4v) is 2.55. The van der Waals surface area contributed by atoms with Gasteiger partial charge in [-0.05, 0) is 43.9 Å². The summed E-state index contributed by atoms with van der Waals surface area (Å²) in [4.78, 5) is 12.3. The molecule has 0 bridgehead atoms. The first kappa shape index (κ1) is 16.2. The Kier molecular flexibility index (Phi) is 5.56. The van der Waals surface area contributed by atoms with Gasteiger partial charge in [0.2, 0.25) is 0 Å². The first-order valence-electron chi connectivity index (χ1n) is 6.56. The molecule has 1 rings (SSSR count). The van der Waals surface area contributed by atoms with Crippen LogP contribution in [0.5, 0.6) is 0 Å². The number of halogens is 1. The van der Waals surface area contributed by atoms with Crippen LogP contribution < -0.4 is 11.1 Å². The highest BCUT2D eigenvalue weighted by atomic mass is 79.9. The lowest BCUT2D eigenvalue weighted by atomic mass is 9.90. The van der Waals surface area contributed by atoms with Crippen LogP contribution >= 0.6 is 15.9 Å². The third kappa shape index (κ3) is 4.62. The van der Waals surface area contributed by atoms with Gasteiger partial charge in [-0.2, -0.15) is 0 Å². The summed E-state index contributed by atoms with van der Waals surface area (Å²) in [5.41, 5.74) is 7.22. The highest BCUT2D eigenvalue weighted by Gasteiger charge is 2.26. The molecule has 0 spiro atoms. The van der Waals surface area contributed by atoms with Crippen LogP contribution in [0.1, 0.15) is 43.1 Å². The first-order valence-corrected chi connectivity index (χ1v) is 7.35. The number of carbonyl (C=O) groups excluding carboxylic acids is 1. The van der Waals surface area contributed by atoms with Gasteiger partial charge in [-0.15, -0.1) is 0 Å². The van der Waals surface area contributed by atoms with Gasteiger partial charge in [0.1, 0.15) is 0 Å². The first-order chi connectivity index (χ1) is 8.77. The highest BCUT2D eigenvalue weighted by Crippen LogP contribution is 2.19. The lowest BCUT2D eigenvalue weighted by molar-refractivity contribution is 0.0898. The third-order valence-corrected chi connectivity index (χ3v) is 4.01. The third-order valence-electron chi connectivity index (χ3n) is 3.16. The van der Waals surface area contributed by atoms with E-state index < -0.39 is 0 Å². The molecule has 3 N–H and O–H groups in total. The van der Waals surface area contributed by atoms with Crippen molar-refractivity contribution < 1.29 is 4.79 Å². The number of hydrogen-bond donors (Lipinski definition) is 2. The molecule has 1 aromatic rings. The molecule has 1 atom stereocenters. The Hall–Kier alpha value is -0.870. The Morgan fingerprint density at radius 1 is 1.47 bits per heavy atom. The van der Waals surface area contributed by atoms with Crippen molar-refractivity contribution in [2.75, 3.05) is 6.54 Å². The molecule has 0 aliphatic heterocycles. The van der Waals surface area contributed by atoms with Crippen LogP contribution in [0, 0.1) is 12.8 Å². The summed E-state index contributed by atoms with van der Waals surface area (Å²) in [6.07, 6.45) is 0.863. The van der Waals surface area contributed by atoms with E-state index in [1.165, 1.54) is 0 Å². The Labute approximate surface area is 124 Å². The predicted octanol–water partition coefficient (Wildman–Crippen LogP) is 3.25. The number of rotatable bonds is 5. The van der Waals surface area contributed by atoms with Crippen molar-refractivity contribution in [1.82, 2.24) is 5.32 Å². The molecule has 0 saturated heterocycles. The van der Waals surface area contributed by atoms with Crippen LogP contribution in [-0.2, 0) is 0 Å². The van der Waals surface area contributed by atoms with Gasteiger partial charge in [0.15, 0.2) is 0 Å². The number of nitrogens with two attached hydrogens (primary N) is 1. The molecule has 3 nitrogen and oxygen atoms in total. The zero-order chi connectivity index (χ0) is 14.6. The Balaban J connectivity index is 2.85. The van der Waals surface area contributed by atoms with Gasteiger partial charge in [-0.25, -0.2) is 0 Å². The van der Waals surface area contributed by atoms with Crippen LogP contribution in [0.25, 0.3) is 0 Å². The van der Waals surface area contributed by atoms with Gasteiger partial charge < -0.3 is 11.1 Å². The van der Waals surface area contributed by atoms with E-state index in [9.17, 15) is 4.79 Å². The Morgan fingerprint density at radius 3 is 2.58 bits per heavy atom. The number of hydrogen-bond acceptors (Lipinski definition) is 2. The van der Waals surface area contributed by atoms with Gasteiger partial charge in [0.05, 0.1) is 0 Å². The summed E-state index contributed by atoms with van der Waals surface area (Å²) in [6, 6.07) is 5.61. The molecular formula is C15H23BrN2O. The molecule has 1 aromatic carbocycles. The summed E-state index contributed by atoms with van der Waals surface area (Å²) >= 11 is 3.45. The molecule has 1 unspecified atom stereocenters. The smallest absolute Gasteiger partial charge is 0.251 e. The molecular weight excluding hydrogens is 304 g/mol. The number of nitrogens with one attached hydrogen (secondary N) is 1. The van der Waals surface area contributed by atoms with Crippen molar-refractivity contribution in [3.05, 3.63) is 33.8 Å². The highest BCUT2D eigenvalue weighted by molar-refractivity contribution is 9.10. The minimum Gasteiger partial charge on any atom is -0.346 e. The minimum atomic E-state index is -0.359. The van der Waals surface area contributed by atoms with Crippen molar-refractivity contribution in [3.8, 4) is 0 Å². The van der Waals surface area contributed by atoms with Gasteiger partial charge in [0.25, 0.3) is 5.91 Å². The lowest BCUT2D eigenvalue weighted by Crippen LogP contribution is -2.52. The molecule has 0 aliphatic rings. The van der Waals surface area contributed by atoms with E-state index in [2.05, 4.69) is 35.1 Å².